The summed E-state index contributed by atoms with van der Waals surface area (Å²) in [5.41, 5.74) is 2.29. The number of phenolic OH excluding ortho intramolecular Hbond substituents is 1. The summed E-state index contributed by atoms with van der Waals surface area (Å²) < 4.78 is 11.1. The summed E-state index contributed by atoms with van der Waals surface area (Å²) in [6.07, 6.45) is 1.95. The van der Waals surface area contributed by atoms with Crippen LogP contribution in [-0.4, -0.2) is 12.2 Å². The molecule has 2 aromatic rings. The Kier molecular flexibility index (Phi) is 3.03. The third-order valence-electron chi connectivity index (χ3n) is 3.48. The van der Waals surface area contributed by atoms with Crippen LogP contribution in [-0.2, 0) is 6.42 Å². The van der Waals surface area contributed by atoms with Crippen molar-refractivity contribution in [1.29, 1.82) is 0 Å². The van der Waals surface area contributed by atoms with Crippen LogP contribution in [0.3, 0.4) is 0 Å². The number of hydrogen-bond acceptors (Lipinski definition) is 3. The standard InChI is InChI=1S/C16H16O3/c1-18-14-7-3-11(4-8-14)15-9-5-12-2-6-13(17)10-16(12)19-15/h2-4,6-8,10,15,17H,5,9H2,1H3/t15-/m0/s1. The van der Waals surface area contributed by atoms with Crippen LogP contribution < -0.4 is 9.47 Å². The van der Waals surface area contributed by atoms with Gasteiger partial charge in [0.2, 0.25) is 0 Å². The zero-order chi connectivity index (χ0) is 13.2. The van der Waals surface area contributed by atoms with Crippen molar-refractivity contribution in [2.75, 3.05) is 7.11 Å². The quantitative estimate of drug-likeness (QED) is 0.894. The monoisotopic (exact) mass is 256 g/mol. The number of aryl methyl sites for hydroxylation is 1. The van der Waals surface area contributed by atoms with E-state index < -0.39 is 0 Å². The number of benzene rings is 2. The second-order valence-corrected chi connectivity index (χ2v) is 4.71. The fourth-order valence-electron chi connectivity index (χ4n) is 2.41. The highest BCUT2D eigenvalue weighted by Crippen LogP contribution is 2.36. The van der Waals surface area contributed by atoms with Crippen LogP contribution in [0.4, 0.5) is 0 Å². The zero-order valence-corrected chi connectivity index (χ0v) is 10.8. The van der Waals surface area contributed by atoms with Gasteiger partial charge < -0.3 is 14.6 Å². The number of aromatic hydroxyl groups is 1. The molecule has 1 heterocycles. The van der Waals surface area contributed by atoms with Gasteiger partial charge in [0, 0.05) is 6.07 Å². The predicted molar refractivity (Wildman–Crippen MR) is 72.8 cm³/mol. The molecule has 0 aromatic heterocycles. The molecule has 1 aliphatic rings. The molecular formula is C16H16O3. The Morgan fingerprint density at radius 2 is 1.95 bits per heavy atom. The lowest BCUT2D eigenvalue weighted by atomic mass is 9.97. The Hall–Kier alpha value is -2.16. The first-order valence-corrected chi connectivity index (χ1v) is 6.39. The van der Waals surface area contributed by atoms with Crippen LogP contribution in [0, 0.1) is 0 Å². The normalized spacial score (nSPS) is 17.4. The van der Waals surface area contributed by atoms with Crippen LogP contribution in [0.5, 0.6) is 17.2 Å². The topological polar surface area (TPSA) is 38.7 Å². The number of methoxy groups -OCH3 is 1. The maximum absolute atomic E-state index is 9.52. The SMILES string of the molecule is COc1ccc([C@@H]2CCc3ccc(O)cc3O2)cc1. The van der Waals surface area contributed by atoms with E-state index in [1.54, 1.807) is 19.2 Å². The van der Waals surface area contributed by atoms with Crippen molar-refractivity contribution < 1.29 is 14.6 Å². The molecule has 1 atom stereocenters. The Bertz CT molecular complexity index is 575. The summed E-state index contributed by atoms with van der Waals surface area (Å²) in [4.78, 5) is 0. The molecule has 1 aliphatic heterocycles. The van der Waals surface area contributed by atoms with Gasteiger partial charge in [-0.15, -0.1) is 0 Å². The second kappa shape index (κ2) is 4.84. The predicted octanol–water partition coefficient (Wildman–Crippen LogP) is 3.47. The number of rotatable bonds is 2. The Balaban J connectivity index is 1.84. The Morgan fingerprint density at radius 3 is 2.68 bits per heavy atom. The molecule has 19 heavy (non-hydrogen) atoms. The lowest BCUT2D eigenvalue weighted by molar-refractivity contribution is 0.176. The summed E-state index contributed by atoms with van der Waals surface area (Å²) in [5, 5.41) is 9.52. The summed E-state index contributed by atoms with van der Waals surface area (Å²) in [7, 11) is 1.66. The van der Waals surface area contributed by atoms with E-state index in [4.69, 9.17) is 9.47 Å². The first-order chi connectivity index (χ1) is 9.26. The van der Waals surface area contributed by atoms with Crippen LogP contribution in [0.1, 0.15) is 23.7 Å². The van der Waals surface area contributed by atoms with Gasteiger partial charge in [-0.1, -0.05) is 18.2 Å². The molecule has 0 unspecified atom stereocenters. The highest BCUT2D eigenvalue weighted by molar-refractivity contribution is 5.42. The minimum absolute atomic E-state index is 0.0419. The van der Waals surface area contributed by atoms with Gasteiger partial charge in [0.1, 0.15) is 23.4 Å². The molecule has 3 rings (SSSR count). The van der Waals surface area contributed by atoms with Crippen LogP contribution in [0.15, 0.2) is 42.5 Å². The summed E-state index contributed by atoms with van der Waals surface area (Å²) in [6.45, 7) is 0. The molecule has 0 saturated heterocycles. The van der Waals surface area contributed by atoms with Crippen molar-refractivity contribution in [3.63, 3.8) is 0 Å². The average Bonchev–Trinajstić information content (AvgIpc) is 2.46. The summed E-state index contributed by atoms with van der Waals surface area (Å²) >= 11 is 0. The van der Waals surface area contributed by atoms with E-state index in [2.05, 4.69) is 0 Å². The smallest absolute Gasteiger partial charge is 0.127 e. The molecule has 1 N–H and O–H groups in total. The van der Waals surface area contributed by atoms with E-state index in [0.717, 1.165) is 35.5 Å². The number of ether oxygens (including phenoxy) is 2. The lowest BCUT2D eigenvalue weighted by Gasteiger charge is -2.26. The first-order valence-electron chi connectivity index (χ1n) is 6.39. The highest BCUT2D eigenvalue weighted by Gasteiger charge is 2.21. The molecule has 0 radical (unpaired) electrons. The van der Waals surface area contributed by atoms with Gasteiger partial charge in [-0.3, -0.25) is 0 Å². The fourth-order valence-corrected chi connectivity index (χ4v) is 2.41. The fraction of sp³-hybridized carbons (Fsp3) is 0.250. The van der Waals surface area contributed by atoms with Gasteiger partial charge in [-0.25, -0.2) is 0 Å². The van der Waals surface area contributed by atoms with Gasteiger partial charge in [0.05, 0.1) is 7.11 Å². The van der Waals surface area contributed by atoms with Crippen molar-refractivity contribution in [1.82, 2.24) is 0 Å². The second-order valence-electron chi connectivity index (χ2n) is 4.71. The summed E-state index contributed by atoms with van der Waals surface area (Å²) in [5.74, 6) is 1.87. The van der Waals surface area contributed by atoms with Gasteiger partial charge in [0.25, 0.3) is 0 Å². The van der Waals surface area contributed by atoms with E-state index in [0.29, 0.717) is 0 Å². The van der Waals surface area contributed by atoms with Gasteiger partial charge in [-0.05, 0) is 42.2 Å². The maximum Gasteiger partial charge on any atom is 0.127 e. The van der Waals surface area contributed by atoms with Crippen molar-refractivity contribution in [2.24, 2.45) is 0 Å². The number of phenols is 1. The molecule has 2 aromatic carbocycles. The number of fused-ring (bicyclic) bond motifs is 1. The molecule has 3 heteroatoms. The average molecular weight is 256 g/mol. The van der Waals surface area contributed by atoms with Crippen LogP contribution >= 0.6 is 0 Å². The van der Waals surface area contributed by atoms with Crippen LogP contribution in [0.2, 0.25) is 0 Å². The molecule has 0 aliphatic carbocycles. The molecule has 0 saturated carbocycles. The minimum atomic E-state index is 0.0419. The zero-order valence-electron chi connectivity index (χ0n) is 10.8. The van der Waals surface area contributed by atoms with Gasteiger partial charge >= 0.3 is 0 Å². The van der Waals surface area contributed by atoms with Crippen molar-refractivity contribution >= 4 is 0 Å². The third kappa shape index (κ3) is 2.36. The van der Waals surface area contributed by atoms with Crippen molar-refractivity contribution in [3.05, 3.63) is 53.6 Å². The molecule has 0 fully saturated rings. The molecular weight excluding hydrogens is 240 g/mol. The number of hydrogen-bond donors (Lipinski definition) is 1. The third-order valence-corrected chi connectivity index (χ3v) is 3.48. The molecule has 3 nitrogen and oxygen atoms in total. The van der Waals surface area contributed by atoms with E-state index in [-0.39, 0.29) is 11.9 Å². The van der Waals surface area contributed by atoms with Crippen LogP contribution in [0.25, 0.3) is 0 Å². The van der Waals surface area contributed by atoms with Gasteiger partial charge in [0.15, 0.2) is 0 Å². The van der Waals surface area contributed by atoms with E-state index in [1.807, 2.05) is 30.3 Å². The van der Waals surface area contributed by atoms with E-state index >= 15 is 0 Å². The maximum atomic E-state index is 9.52. The molecule has 0 spiro atoms. The molecule has 98 valence electrons. The van der Waals surface area contributed by atoms with E-state index in [1.165, 1.54) is 0 Å². The largest absolute Gasteiger partial charge is 0.508 e. The Labute approximate surface area is 112 Å². The first kappa shape index (κ1) is 11.9. The lowest BCUT2D eigenvalue weighted by Crippen LogP contribution is -2.14. The van der Waals surface area contributed by atoms with Crippen molar-refractivity contribution in [3.8, 4) is 17.2 Å². The Morgan fingerprint density at radius 1 is 1.16 bits per heavy atom. The summed E-state index contributed by atoms with van der Waals surface area (Å²) in [6, 6.07) is 13.2. The van der Waals surface area contributed by atoms with Crippen molar-refractivity contribution in [2.45, 2.75) is 18.9 Å². The minimum Gasteiger partial charge on any atom is -0.508 e. The van der Waals surface area contributed by atoms with E-state index in [9.17, 15) is 5.11 Å². The molecule has 0 bridgehead atoms. The highest BCUT2D eigenvalue weighted by atomic mass is 16.5. The van der Waals surface area contributed by atoms with Gasteiger partial charge in [-0.2, -0.15) is 0 Å². The molecule has 0 amide bonds.